The molecule has 0 aromatic heterocycles. The third-order valence-corrected chi connectivity index (χ3v) is 9.83. The van der Waals surface area contributed by atoms with E-state index in [9.17, 15) is 15.0 Å². The lowest BCUT2D eigenvalue weighted by molar-refractivity contribution is -0.190. The molecule has 37 heavy (non-hydrogen) atoms. The molecule has 5 aliphatic rings. The maximum absolute atomic E-state index is 13.3. The van der Waals surface area contributed by atoms with E-state index in [4.69, 9.17) is 9.47 Å². The van der Waals surface area contributed by atoms with Crippen molar-refractivity contribution in [1.82, 2.24) is 4.90 Å². The molecular weight excluding hydrogens is 468 g/mol. The predicted molar refractivity (Wildman–Crippen MR) is 139 cm³/mol. The van der Waals surface area contributed by atoms with Gasteiger partial charge >= 0.3 is 0 Å². The lowest BCUT2D eigenvalue weighted by atomic mass is 9.48. The molecule has 3 aliphatic carbocycles. The average Bonchev–Trinajstić information content (AvgIpc) is 3.62. The van der Waals surface area contributed by atoms with Crippen molar-refractivity contribution in [2.24, 2.45) is 5.92 Å². The van der Waals surface area contributed by atoms with Crippen LogP contribution in [0.4, 0.5) is 5.69 Å². The van der Waals surface area contributed by atoms with Gasteiger partial charge in [-0.25, -0.2) is 0 Å². The second-order valence-electron chi connectivity index (χ2n) is 11.7. The van der Waals surface area contributed by atoms with Crippen molar-refractivity contribution in [3.05, 3.63) is 47.5 Å². The van der Waals surface area contributed by atoms with E-state index < -0.39 is 17.1 Å². The van der Waals surface area contributed by atoms with Crippen molar-refractivity contribution in [1.29, 1.82) is 0 Å². The largest absolute Gasteiger partial charge is 0.504 e. The monoisotopic (exact) mass is 504 g/mol. The van der Waals surface area contributed by atoms with Crippen LogP contribution in [-0.4, -0.2) is 64.5 Å². The zero-order chi connectivity index (χ0) is 25.5. The molecule has 7 heteroatoms. The van der Waals surface area contributed by atoms with Crippen LogP contribution >= 0.6 is 0 Å². The number of aliphatic hydroxyl groups is 1. The molecule has 2 aromatic rings. The summed E-state index contributed by atoms with van der Waals surface area (Å²) in [7, 11) is 0. The van der Waals surface area contributed by atoms with E-state index in [2.05, 4.69) is 4.90 Å². The first-order chi connectivity index (χ1) is 17.9. The van der Waals surface area contributed by atoms with Gasteiger partial charge in [0.15, 0.2) is 11.5 Å². The standard InChI is InChI=1S/C30H36N2O5/c1-3-36-24-7-5-4-6-21(24)32(18(2)33)22-12-13-30(35)25-16-20-10-11-23(34)27-26(20)29(30,28(22)37-27)14-15-31(25)17-19-8-9-19/h4-7,10-11,19,22,25,28,34-35H,3,8-9,12-17H2,1-2H3/t22-,25+,28-,29-,30+/m0/s1. The van der Waals surface area contributed by atoms with E-state index in [0.29, 0.717) is 30.9 Å². The van der Waals surface area contributed by atoms with Gasteiger partial charge in [0.2, 0.25) is 5.91 Å². The average molecular weight is 505 g/mol. The van der Waals surface area contributed by atoms with E-state index in [1.807, 2.05) is 42.2 Å². The number of rotatable bonds is 6. The van der Waals surface area contributed by atoms with Crippen LogP contribution in [0.15, 0.2) is 36.4 Å². The first kappa shape index (κ1) is 23.4. The maximum atomic E-state index is 13.3. The molecule has 196 valence electrons. The normalized spacial score (nSPS) is 33.4. The van der Waals surface area contributed by atoms with E-state index in [1.165, 1.54) is 12.8 Å². The fourth-order valence-corrected chi connectivity index (χ4v) is 8.24. The first-order valence-electron chi connectivity index (χ1n) is 13.9. The Hall–Kier alpha value is -2.77. The molecule has 3 fully saturated rings. The second kappa shape index (κ2) is 8.11. The van der Waals surface area contributed by atoms with Gasteiger partial charge < -0.3 is 24.6 Å². The van der Waals surface area contributed by atoms with E-state index in [-0.39, 0.29) is 23.7 Å². The summed E-state index contributed by atoms with van der Waals surface area (Å²) >= 11 is 0. The quantitative estimate of drug-likeness (QED) is 0.623. The van der Waals surface area contributed by atoms with Crippen LogP contribution in [0.25, 0.3) is 0 Å². The Balaban J connectivity index is 1.37. The topological polar surface area (TPSA) is 82.5 Å². The lowest BCUT2D eigenvalue weighted by Crippen LogP contribution is -2.78. The molecule has 7 rings (SSSR count). The minimum atomic E-state index is -0.977. The Morgan fingerprint density at radius 2 is 2.00 bits per heavy atom. The summed E-state index contributed by atoms with van der Waals surface area (Å²) < 4.78 is 12.6. The Bertz CT molecular complexity index is 1260. The summed E-state index contributed by atoms with van der Waals surface area (Å²) in [5.74, 6) is 1.94. The number of benzene rings is 2. The highest BCUT2D eigenvalue weighted by Crippen LogP contribution is 2.66. The third kappa shape index (κ3) is 3.10. The summed E-state index contributed by atoms with van der Waals surface area (Å²) in [5.41, 5.74) is 1.22. The van der Waals surface area contributed by atoms with Crippen LogP contribution in [-0.2, 0) is 16.6 Å². The van der Waals surface area contributed by atoms with Crippen LogP contribution in [0.2, 0.25) is 0 Å². The van der Waals surface area contributed by atoms with Crippen molar-refractivity contribution in [2.45, 2.75) is 81.6 Å². The Morgan fingerprint density at radius 3 is 2.76 bits per heavy atom. The fourth-order valence-electron chi connectivity index (χ4n) is 8.24. The summed E-state index contributed by atoms with van der Waals surface area (Å²) in [6.07, 6.45) is 4.80. The molecule has 2 N–H and O–H groups in total. The molecule has 1 amide bonds. The van der Waals surface area contributed by atoms with Gasteiger partial charge in [-0.2, -0.15) is 0 Å². The summed E-state index contributed by atoms with van der Waals surface area (Å²) in [4.78, 5) is 17.7. The van der Waals surface area contributed by atoms with Gasteiger partial charge in [0.25, 0.3) is 0 Å². The number of hydrogen-bond donors (Lipinski definition) is 2. The molecule has 2 saturated carbocycles. The van der Waals surface area contributed by atoms with Gasteiger partial charge in [-0.05, 0) is 81.7 Å². The number of amides is 1. The minimum absolute atomic E-state index is 0.0124. The van der Waals surface area contributed by atoms with Gasteiger partial charge in [-0.1, -0.05) is 18.2 Å². The number of hydrogen-bond acceptors (Lipinski definition) is 6. The Kier molecular flexibility index (Phi) is 5.12. The zero-order valence-electron chi connectivity index (χ0n) is 21.7. The number of likely N-dealkylation sites (tertiary alicyclic amines) is 1. The maximum Gasteiger partial charge on any atom is 0.224 e. The number of para-hydroxylation sites is 2. The molecule has 7 nitrogen and oxygen atoms in total. The Morgan fingerprint density at radius 1 is 1.19 bits per heavy atom. The van der Waals surface area contributed by atoms with Crippen LogP contribution < -0.4 is 14.4 Å². The van der Waals surface area contributed by atoms with Crippen molar-refractivity contribution >= 4 is 11.6 Å². The van der Waals surface area contributed by atoms with Crippen molar-refractivity contribution in [3.8, 4) is 17.2 Å². The minimum Gasteiger partial charge on any atom is -0.504 e. The number of phenols is 1. The van der Waals surface area contributed by atoms with Gasteiger partial charge in [0.05, 0.1) is 29.4 Å². The highest BCUT2D eigenvalue weighted by Gasteiger charge is 2.73. The molecule has 2 aliphatic heterocycles. The van der Waals surface area contributed by atoms with Crippen molar-refractivity contribution in [2.75, 3.05) is 24.6 Å². The number of piperidine rings is 1. The van der Waals surface area contributed by atoms with Crippen LogP contribution in [0, 0.1) is 5.92 Å². The van der Waals surface area contributed by atoms with Gasteiger partial charge in [0, 0.05) is 25.1 Å². The summed E-state index contributed by atoms with van der Waals surface area (Å²) in [6, 6.07) is 11.1. The summed E-state index contributed by atoms with van der Waals surface area (Å²) in [6.45, 7) is 5.96. The highest BCUT2D eigenvalue weighted by molar-refractivity contribution is 5.94. The molecule has 5 atom stereocenters. The number of carbonyl (C=O) groups is 1. The fraction of sp³-hybridized carbons (Fsp3) is 0.567. The number of nitrogens with zero attached hydrogens (tertiary/aromatic N) is 2. The van der Waals surface area contributed by atoms with Gasteiger partial charge in [-0.15, -0.1) is 0 Å². The molecule has 2 aromatic carbocycles. The van der Waals surface area contributed by atoms with Gasteiger partial charge in [-0.3, -0.25) is 9.69 Å². The lowest BCUT2D eigenvalue weighted by Gasteiger charge is -2.64. The summed E-state index contributed by atoms with van der Waals surface area (Å²) in [5, 5.41) is 23.6. The van der Waals surface area contributed by atoms with E-state index >= 15 is 0 Å². The van der Waals surface area contributed by atoms with Crippen LogP contribution in [0.5, 0.6) is 17.2 Å². The van der Waals surface area contributed by atoms with E-state index in [1.54, 1.807) is 13.0 Å². The van der Waals surface area contributed by atoms with E-state index in [0.717, 1.165) is 48.7 Å². The highest BCUT2D eigenvalue weighted by atomic mass is 16.5. The van der Waals surface area contributed by atoms with Crippen LogP contribution in [0.3, 0.4) is 0 Å². The molecule has 0 radical (unpaired) electrons. The molecule has 2 bridgehead atoms. The zero-order valence-corrected chi connectivity index (χ0v) is 21.7. The second-order valence-corrected chi connectivity index (χ2v) is 11.7. The molecule has 2 heterocycles. The first-order valence-corrected chi connectivity index (χ1v) is 13.9. The predicted octanol–water partition coefficient (Wildman–Crippen LogP) is 3.78. The number of aromatic hydroxyl groups is 1. The van der Waals surface area contributed by atoms with Crippen molar-refractivity contribution in [3.63, 3.8) is 0 Å². The smallest absolute Gasteiger partial charge is 0.224 e. The van der Waals surface area contributed by atoms with Crippen LogP contribution in [0.1, 0.15) is 57.1 Å². The molecular formula is C30H36N2O5. The third-order valence-electron chi connectivity index (χ3n) is 9.83. The number of anilines is 1. The van der Waals surface area contributed by atoms with Gasteiger partial charge in [0.1, 0.15) is 11.9 Å². The number of ether oxygens (including phenoxy) is 2. The number of phenolic OH excluding ortho intramolecular Hbond substituents is 1. The number of carbonyl (C=O) groups excluding carboxylic acids is 1. The molecule has 1 spiro atoms. The Labute approximate surface area is 218 Å². The van der Waals surface area contributed by atoms with Crippen molar-refractivity contribution < 1.29 is 24.5 Å². The SMILES string of the molecule is CCOc1ccccc1N(C(C)=O)[C@H]1CC[C@@]2(O)[C@H]3Cc4ccc(O)c5c4[C@@]2(CCN3CC2CC2)[C@H]1O5. The molecule has 0 unspecified atom stereocenters. The molecule has 1 saturated heterocycles.